The zero-order valence-electron chi connectivity index (χ0n) is 15.2. The van der Waals surface area contributed by atoms with Crippen molar-refractivity contribution in [1.29, 1.82) is 0 Å². The van der Waals surface area contributed by atoms with Crippen molar-refractivity contribution in [3.8, 4) is 0 Å². The first-order chi connectivity index (χ1) is 12.1. The molecular weight excluding hydrogens is 386 g/mol. The fraction of sp³-hybridized carbons (Fsp3) is 0.450. The van der Waals surface area contributed by atoms with Gasteiger partial charge in [-0.1, -0.05) is 6.08 Å². The smallest absolute Gasteiger partial charge is 0.307 e. The summed E-state index contributed by atoms with van der Waals surface area (Å²) in [6.45, 7) is 6.98. The average Bonchev–Trinajstić information content (AvgIpc) is 3.21. The maximum atomic E-state index is 11.2. The fourth-order valence-electron chi connectivity index (χ4n) is 3.44. The Morgan fingerprint density at radius 2 is 1.85 bits per heavy atom. The van der Waals surface area contributed by atoms with E-state index in [4.69, 9.17) is 0 Å². The van der Waals surface area contributed by atoms with E-state index in [9.17, 15) is 9.90 Å². The van der Waals surface area contributed by atoms with Crippen LogP contribution in [0.5, 0.6) is 0 Å². The van der Waals surface area contributed by atoms with Crippen LogP contribution < -0.4 is 0 Å². The largest absolute Gasteiger partial charge is 0.481 e. The van der Waals surface area contributed by atoms with E-state index in [1.165, 1.54) is 26.5 Å². The van der Waals surface area contributed by atoms with Gasteiger partial charge >= 0.3 is 5.97 Å². The maximum Gasteiger partial charge on any atom is 0.307 e. The summed E-state index contributed by atoms with van der Waals surface area (Å²) in [5, 5.41) is 13.6. The quantitative estimate of drug-likeness (QED) is 0.685. The van der Waals surface area contributed by atoms with Gasteiger partial charge in [-0.2, -0.15) is 0 Å². The van der Waals surface area contributed by atoms with Crippen LogP contribution in [-0.4, -0.2) is 35.6 Å². The van der Waals surface area contributed by atoms with Crippen LogP contribution in [0, 0.1) is 19.8 Å². The molecule has 1 fully saturated rings. The number of carbonyl (C=O) groups is 1. The third kappa shape index (κ3) is 4.97. The summed E-state index contributed by atoms with van der Waals surface area (Å²) in [4.78, 5) is 16.2. The Balaban J connectivity index is 0.00000243. The molecule has 0 aliphatic carbocycles. The highest BCUT2D eigenvalue weighted by Crippen LogP contribution is 2.35. The van der Waals surface area contributed by atoms with Crippen molar-refractivity contribution >= 4 is 46.6 Å². The van der Waals surface area contributed by atoms with Crippen LogP contribution in [-0.2, 0) is 4.79 Å². The Morgan fingerprint density at radius 3 is 2.35 bits per heavy atom. The summed E-state index contributed by atoms with van der Waals surface area (Å²) in [6.07, 6.45) is 5.11. The minimum absolute atomic E-state index is 0. The van der Waals surface area contributed by atoms with Crippen LogP contribution in [0.1, 0.15) is 40.1 Å². The molecule has 3 heterocycles. The molecule has 6 heteroatoms. The van der Waals surface area contributed by atoms with E-state index in [-0.39, 0.29) is 18.3 Å². The van der Waals surface area contributed by atoms with Gasteiger partial charge in [0, 0.05) is 28.4 Å². The highest BCUT2D eigenvalue weighted by atomic mass is 35.5. The minimum Gasteiger partial charge on any atom is -0.481 e. The van der Waals surface area contributed by atoms with Crippen LogP contribution in [0.15, 0.2) is 29.0 Å². The molecule has 2 aromatic heterocycles. The molecule has 1 aliphatic heterocycles. The number of carboxylic acids is 1. The third-order valence-corrected chi connectivity index (χ3v) is 6.96. The van der Waals surface area contributed by atoms with Crippen LogP contribution in [0.4, 0.5) is 0 Å². The van der Waals surface area contributed by atoms with Crippen molar-refractivity contribution < 1.29 is 9.90 Å². The summed E-state index contributed by atoms with van der Waals surface area (Å²) >= 11 is 3.60. The Morgan fingerprint density at radius 1 is 1.23 bits per heavy atom. The molecule has 3 rings (SSSR count). The van der Waals surface area contributed by atoms with Crippen molar-refractivity contribution in [2.24, 2.45) is 5.92 Å². The van der Waals surface area contributed by atoms with Gasteiger partial charge in [0.15, 0.2) is 0 Å². The maximum absolute atomic E-state index is 11.2. The first-order valence-electron chi connectivity index (χ1n) is 8.80. The zero-order valence-corrected chi connectivity index (χ0v) is 17.7. The lowest BCUT2D eigenvalue weighted by Crippen LogP contribution is -2.39. The van der Waals surface area contributed by atoms with Gasteiger partial charge in [0.25, 0.3) is 0 Å². The van der Waals surface area contributed by atoms with Crippen molar-refractivity contribution in [1.82, 2.24) is 4.90 Å². The van der Waals surface area contributed by atoms with E-state index in [2.05, 4.69) is 47.7 Å². The Hall–Kier alpha value is -1.14. The predicted molar refractivity (Wildman–Crippen MR) is 114 cm³/mol. The molecule has 0 spiro atoms. The first kappa shape index (κ1) is 21.2. The third-order valence-electron chi connectivity index (χ3n) is 4.86. The molecule has 0 amide bonds. The molecule has 1 unspecified atom stereocenters. The topological polar surface area (TPSA) is 40.5 Å². The standard InChI is InChI=1S/C20H25NO2S2.ClH/c1-14-7-11-24-18(14)17(19-15(2)8-12-25-19)6-4-10-21-9-3-5-16(13-21)20(22)23;/h6-8,11-12,16H,3-5,9-10,13H2,1-2H3,(H,22,23);1H. The Kier molecular flexibility index (Phi) is 7.89. The summed E-state index contributed by atoms with van der Waals surface area (Å²) in [7, 11) is 0. The van der Waals surface area contributed by atoms with Gasteiger partial charge in [0.2, 0.25) is 0 Å². The van der Waals surface area contributed by atoms with Gasteiger partial charge in [0.05, 0.1) is 5.92 Å². The number of aliphatic carboxylic acids is 1. The van der Waals surface area contributed by atoms with E-state index in [0.29, 0.717) is 6.54 Å². The lowest BCUT2D eigenvalue weighted by molar-refractivity contribution is -0.143. The minimum atomic E-state index is -0.649. The molecular formula is C20H26ClNO2S2. The molecule has 0 saturated carbocycles. The summed E-state index contributed by atoms with van der Waals surface area (Å²) in [5.74, 6) is -0.847. The molecule has 1 aliphatic rings. The Bertz CT molecular complexity index is 723. The fourth-order valence-corrected chi connectivity index (χ4v) is 5.45. The number of hydrogen-bond donors (Lipinski definition) is 1. The molecule has 1 atom stereocenters. The van der Waals surface area contributed by atoms with Crippen molar-refractivity contribution in [2.75, 3.05) is 19.6 Å². The molecule has 0 radical (unpaired) electrons. The second-order valence-corrected chi connectivity index (χ2v) is 8.58. The number of thiophene rings is 2. The van der Waals surface area contributed by atoms with E-state index >= 15 is 0 Å². The van der Waals surface area contributed by atoms with Gasteiger partial charge in [-0.25, -0.2) is 0 Å². The summed E-state index contributed by atoms with van der Waals surface area (Å²) in [5.41, 5.74) is 3.99. The van der Waals surface area contributed by atoms with Crippen molar-refractivity contribution in [2.45, 2.75) is 33.1 Å². The van der Waals surface area contributed by atoms with Crippen LogP contribution in [0.25, 0.3) is 5.57 Å². The van der Waals surface area contributed by atoms with Gasteiger partial charge in [0.1, 0.15) is 0 Å². The normalized spacial score (nSPS) is 17.5. The number of halogens is 1. The first-order valence-corrected chi connectivity index (χ1v) is 10.6. The van der Waals surface area contributed by atoms with E-state index < -0.39 is 5.97 Å². The number of carboxylic acid groups (broad SMARTS) is 1. The molecule has 1 N–H and O–H groups in total. The molecule has 0 aromatic carbocycles. The monoisotopic (exact) mass is 411 g/mol. The average molecular weight is 412 g/mol. The second kappa shape index (κ2) is 9.70. The number of piperidine rings is 1. The zero-order chi connectivity index (χ0) is 17.8. The van der Waals surface area contributed by atoms with Crippen molar-refractivity contribution in [3.05, 3.63) is 49.9 Å². The Labute approximate surface area is 169 Å². The molecule has 1 saturated heterocycles. The molecule has 2 aromatic rings. The van der Waals surface area contributed by atoms with Crippen LogP contribution >= 0.6 is 35.1 Å². The number of nitrogens with zero attached hydrogens (tertiary/aromatic N) is 1. The van der Waals surface area contributed by atoms with Crippen molar-refractivity contribution in [3.63, 3.8) is 0 Å². The van der Waals surface area contributed by atoms with E-state index in [0.717, 1.165) is 32.4 Å². The molecule has 3 nitrogen and oxygen atoms in total. The van der Waals surface area contributed by atoms with Gasteiger partial charge < -0.3 is 10.0 Å². The predicted octanol–water partition coefficient (Wildman–Crippen LogP) is 5.47. The lowest BCUT2D eigenvalue weighted by Gasteiger charge is -2.30. The van der Waals surface area contributed by atoms with E-state index in [1.54, 1.807) is 22.7 Å². The van der Waals surface area contributed by atoms with Gasteiger partial charge in [-0.3, -0.25) is 4.79 Å². The lowest BCUT2D eigenvalue weighted by atomic mass is 9.98. The van der Waals surface area contributed by atoms with Crippen LogP contribution in [0.2, 0.25) is 0 Å². The second-order valence-electron chi connectivity index (χ2n) is 6.75. The van der Waals surface area contributed by atoms with Crippen LogP contribution in [0.3, 0.4) is 0 Å². The number of likely N-dealkylation sites (tertiary alicyclic amines) is 1. The van der Waals surface area contributed by atoms with Gasteiger partial charge in [-0.15, -0.1) is 35.1 Å². The molecule has 142 valence electrons. The van der Waals surface area contributed by atoms with E-state index in [1.807, 2.05) is 0 Å². The number of rotatable bonds is 6. The molecule has 26 heavy (non-hydrogen) atoms. The summed E-state index contributed by atoms with van der Waals surface area (Å²) in [6, 6.07) is 4.36. The SMILES string of the molecule is Cc1ccsc1C(=CCCN1CCCC(C(=O)O)C1)c1sccc1C.Cl. The highest BCUT2D eigenvalue weighted by Gasteiger charge is 2.24. The number of aryl methyl sites for hydroxylation is 2. The summed E-state index contributed by atoms with van der Waals surface area (Å²) < 4.78 is 0. The molecule has 0 bridgehead atoms. The van der Waals surface area contributed by atoms with Gasteiger partial charge in [-0.05, 0) is 73.7 Å². The number of hydrogen-bond acceptors (Lipinski definition) is 4. The highest BCUT2D eigenvalue weighted by molar-refractivity contribution is 7.14.